The van der Waals surface area contributed by atoms with Crippen LogP contribution in [0.15, 0.2) is 4.52 Å². The Labute approximate surface area is 92.5 Å². The van der Waals surface area contributed by atoms with Crippen molar-refractivity contribution >= 4 is 17.6 Å². The lowest BCUT2D eigenvalue weighted by molar-refractivity contribution is 0.0523. The van der Waals surface area contributed by atoms with Crippen LogP contribution in [0, 0.1) is 0 Å². The molecule has 1 aromatic heterocycles. The lowest BCUT2D eigenvalue weighted by Gasteiger charge is -2.23. The minimum atomic E-state index is -0.439. The van der Waals surface area contributed by atoms with Gasteiger partial charge in [0.1, 0.15) is 11.3 Å². The summed E-state index contributed by atoms with van der Waals surface area (Å²) in [4.78, 5) is 11.6. The van der Waals surface area contributed by atoms with Crippen molar-refractivity contribution in [3.8, 4) is 0 Å². The summed E-state index contributed by atoms with van der Waals surface area (Å²) in [5.74, 6) is -0.133. The third-order valence-corrected chi connectivity index (χ3v) is 2.91. The second kappa shape index (κ2) is 4.23. The molecule has 1 aliphatic carbocycles. The Balaban J connectivity index is 2.26. The molecule has 0 amide bonds. The van der Waals surface area contributed by atoms with Crippen LogP contribution in [0.3, 0.4) is 0 Å². The number of nitrogens with zero attached hydrogens (tertiary/aromatic N) is 1. The van der Waals surface area contributed by atoms with Gasteiger partial charge in [-0.3, -0.25) is 0 Å². The van der Waals surface area contributed by atoms with Crippen molar-refractivity contribution in [1.29, 1.82) is 0 Å². The van der Waals surface area contributed by atoms with E-state index in [9.17, 15) is 4.79 Å². The summed E-state index contributed by atoms with van der Waals surface area (Å²) in [5, 5.41) is 3.87. The van der Waals surface area contributed by atoms with E-state index < -0.39 is 5.97 Å². The number of ether oxygens (including phenoxy) is 1. The van der Waals surface area contributed by atoms with Crippen molar-refractivity contribution in [2.75, 3.05) is 6.61 Å². The normalized spacial score (nSPS) is 16.1. The lowest BCUT2D eigenvalue weighted by atomic mass is 9.81. The fourth-order valence-corrected chi connectivity index (χ4v) is 1.84. The lowest BCUT2D eigenvalue weighted by Crippen LogP contribution is -2.15. The third-order valence-electron chi connectivity index (χ3n) is 2.65. The molecular weight excluding hydrogens is 218 g/mol. The van der Waals surface area contributed by atoms with Gasteiger partial charge in [0.05, 0.1) is 6.61 Å². The van der Waals surface area contributed by atoms with Crippen LogP contribution >= 0.6 is 11.6 Å². The highest BCUT2D eigenvalue weighted by molar-refractivity contribution is 6.31. The molecule has 2 rings (SSSR count). The smallest absolute Gasteiger partial charge is 0.345 e. The molecular formula is C10H12ClNO3. The predicted octanol–water partition coefficient (Wildman–Crippen LogP) is 2.77. The third kappa shape index (κ3) is 1.86. The molecule has 0 radical (unpaired) electrons. The van der Waals surface area contributed by atoms with Crippen molar-refractivity contribution < 1.29 is 14.1 Å². The Bertz CT molecular complexity index is 371. The minimum Gasteiger partial charge on any atom is -0.462 e. The molecule has 1 fully saturated rings. The number of esters is 1. The summed E-state index contributed by atoms with van der Waals surface area (Å²) in [7, 11) is 0. The highest BCUT2D eigenvalue weighted by Gasteiger charge is 2.31. The summed E-state index contributed by atoms with van der Waals surface area (Å²) < 4.78 is 9.74. The molecule has 0 aliphatic heterocycles. The number of hydrogen-bond acceptors (Lipinski definition) is 4. The molecule has 0 N–H and O–H groups in total. The summed E-state index contributed by atoms with van der Waals surface area (Å²) in [6, 6.07) is 0. The van der Waals surface area contributed by atoms with E-state index in [0.29, 0.717) is 23.8 Å². The Morgan fingerprint density at radius 1 is 1.67 bits per heavy atom. The number of carbonyl (C=O) groups is 1. The molecule has 0 aromatic carbocycles. The SMILES string of the molecule is CCOC(=O)c1c(C2CCC2)noc1Cl. The molecule has 15 heavy (non-hydrogen) atoms. The highest BCUT2D eigenvalue weighted by Crippen LogP contribution is 2.39. The zero-order chi connectivity index (χ0) is 10.8. The van der Waals surface area contributed by atoms with Crippen LogP contribution in [-0.4, -0.2) is 17.7 Å². The van der Waals surface area contributed by atoms with E-state index in [1.165, 1.54) is 0 Å². The molecule has 1 aromatic rings. The molecule has 0 unspecified atom stereocenters. The van der Waals surface area contributed by atoms with Gasteiger partial charge in [0.2, 0.25) is 5.22 Å². The first kappa shape index (κ1) is 10.5. The Hall–Kier alpha value is -1.03. The van der Waals surface area contributed by atoms with Gasteiger partial charge in [0, 0.05) is 5.92 Å². The fraction of sp³-hybridized carbons (Fsp3) is 0.600. The van der Waals surface area contributed by atoms with E-state index in [1.54, 1.807) is 6.92 Å². The van der Waals surface area contributed by atoms with Gasteiger partial charge in [-0.15, -0.1) is 0 Å². The second-order valence-corrected chi connectivity index (χ2v) is 3.91. The van der Waals surface area contributed by atoms with Gasteiger partial charge in [-0.05, 0) is 31.4 Å². The predicted molar refractivity (Wildman–Crippen MR) is 54.1 cm³/mol. The maximum atomic E-state index is 11.6. The number of aromatic nitrogens is 1. The van der Waals surface area contributed by atoms with Gasteiger partial charge in [-0.2, -0.15) is 0 Å². The zero-order valence-electron chi connectivity index (χ0n) is 8.46. The molecule has 1 aliphatic rings. The van der Waals surface area contributed by atoms with E-state index in [2.05, 4.69) is 5.16 Å². The van der Waals surface area contributed by atoms with Crippen molar-refractivity contribution in [3.63, 3.8) is 0 Å². The molecule has 1 saturated carbocycles. The Morgan fingerprint density at radius 2 is 2.40 bits per heavy atom. The highest BCUT2D eigenvalue weighted by atomic mass is 35.5. The van der Waals surface area contributed by atoms with Crippen molar-refractivity contribution in [3.05, 3.63) is 16.5 Å². The van der Waals surface area contributed by atoms with E-state index in [-0.39, 0.29) is 5.22 Å². The number of rotatable bonds is 3. The maximum Gasteiger partial charge on any atom is 0.345 e. The first-order chi connectivity index (χ1) is 7.24. The average Bonchev–Trinajstić information content (AvgIpc) is 2.45. The van der Waals surface area contributed by atoms with E-state index in [0.717, 1.165) is 19.3 Å². The van der Waals surface area contributed by atoms with Crippen LogP contribution in [0.2, 0.25) is 5.22 Å². The Morgan fingerprint density at radius 3 is 2.93 bits per heavy atom. The largest absolute Gasteiger partial charge is 0.462 e. The van der Waals surface area contributed by atoms with Gasteiger partial charge in [0.25, 0.3) is 0 Å². The molecule has 1 heterocycles. The van der Waals surface area contributed by atoms with Crippen molar-refractivity contribution in [2.24, 2.45) is 0 Å². The number of halogens is 1. The van der Waals surface area contributed by atoms with Crippen LogP contribution in [0.4, 0.5) is 0 Å². The average molecular weight is 230 g/mol. The van der Waals surface area contributed by atoms with E-state index in [1.807, 2.05) is 0 Å². The standard InChI is InChI=1S/C10H12ClNO3/c1-2-14-10(13)7-8(6-4-3-5-6)12-15-9(7)11/h6H,2-5H2,1H3. The molecule has 0 bridgehead atoms. The molecule has 0 atom stereocenters. The van der Waals surface area contributed by atoms with Crippen LogP contribution in [0.5, 0.6) is 0 Å². The van der Waals surface area contributed by atoms with E-state index >= 15 is 0 Å². The van der Waals surface area contributed by atoms with E-state index in [4.69, 9.17) is 20.9 Å². The van der Waals surface area contributed by atoms with Crippen LogP contribution in [-0.2, 0) is 4.74 Å². The monoisotopic (exact) mass is 229 g/mol. The van der Waals surface area contributed by atoms with Crippen LogP contribution in [0.1, 0.15) is 48.2 Å². The number of carbonyl (C=O) groups excluding carboxylic acids is 1. The summed E-state index contributed by atoms with van der Waals surface area (Å²) in [6.45, 7) is 2.08. The molecule has 5 heteroatoms. The molecule has 82 valence electrons. The minimum absolute atomic E-state index is 0.0374. The van der Waals surface area contributed by atoms with Crippen molar-refractivity contribution in [2.45, 2.75) is 32.1 Å². The van der Waals surface area contributed by atoms with Gasteiger partial charge >= 0.3 is 5.97 Å². The molecule has 4 nitrogen and oxygen atoms in total. The number of hydrogen-bond donors (Lipinski definition) is 0. The van der Waals surface area contributed by atoms with Gasteiger partial charge in [0.15, 0.2) is 0 Å². The molecule has 0 spiro atoms. The van der Waals surface area contributed by atoms with Crippen LogP contribution in [0.25, 0.3) is 0 Å². The quantitative estimate of drug-likeness (QED) is 0.748. The zero-order valence-corrected chi connectivity index (χ0v) is 9.21. The van der Waals surface area contributed by atoms with Crippen molar-refractivity contribution in [1.82, 2.24) is 5.16 Å². The maximum absolute atomic E-state index is 11.6. The van der Waals surface area contributed by atoms with Gasteiger partial charge < -0.3 is 9.26 Å². The topological polar surface area (TPSA) is 52.3 Å². The second-order valence-electron chi connectivity index (χ2n) is 3.56. The molecule has 0 saturated heterocycles. The summed E-state index contributed by atoms with van der Waals surface area (Å²) in [6.07, 6.45) is 3.24. The van der Waals surface area contributed by atoms with Gasteiger partial charge in [-0.25, -0.2) is 4.79 Å². The van der Waals surface area contributed by atoms with Crippen LogP contribution < -0.4 is 0 Å². The van der Waals surface area contributed by atoms with Gasteiger partial charge in [-0.1, -0.05) is 11.6 Å². The fourth-order valence-electron chi connectivity index (χ4n) is 1.63. The summed E-state index contributed by atoms with van der Waals surface area (Å²) in [5.41, 5.74) is 0.966. The first-order valence-electron chi connectivity index (χ1n) is 5.06. The summed E-state index contributed by atoms with van der Waals surface area (Å²) >= 11 is 5.77. The first-order valence-corrected chi connectivity index (χ1v) is 5.44. The Kier molecular flexibility index (Phi) is 2.95.